The standard InChI is InChI=1S/C13H17ClN4O6/c1-5-11(15)16-13(21)18(17-5)12-9(14)10(23-7(3)20)8(24-12)4-22-6(2)19/h8-10,12H,4H2,1-3H3,(H2,15,16,21)/t8-,9+,10-,12-/m1/s1. The van der Waals surface area contributed by atoms with E-state index in [0.717, 1.165) is 4.68 Å². The fourth-order valence-corrected chi connectivity index (χ4v) is 2.59. The molecule has 1 aliphatic rings. The van der Waals surface area contributed by atoms with Crippen molar-refractivity contribution in [1.29, 1.82) is 0 Å². The third-order valence-corrected chi connectivity index (χ3v) is 3.77. The zero-order valence-corrected chi connectivity index (χ0v) is 14.0. The molecule has 2 rings (SSSR count). The monoisotopic (exact) mass is 360 g/mol. The first-order chi connectivity index (χ1) is 11.2. The molecular formula is C13H17ClN4O6. The summed E-state index contributed by atoms with van der Waals surface area (Å²) in [7, 11) is 0. The lowest BCUT2D eigenvalue weighted by Crippen LogP contribution is -2.37. The molecule has 1 fully saturated rings. The van der Waals surface area contributed by atoms with E-state index in [9.17, 15) is 14.4 Å². The van der Waals surface area contributed by atoms with Gasteiger partial charge in [0.05, 0.1) is 0 Å². The number of carbonyl (C=O) groups excluding carboxylic acids is 2. The zero-order chi connectivity index (χ0) is 18.0. The number of nitrogen functional groups attached to an aromatic ring is 1. The number of halogens is 1. The summed E-state index contributed by atoms with van der Waals surface area (Å²) in [4.78, 5) is 37.9. The van der Waals surface area contributed by atoms with E-state index in [-0.39, 0.29) is 12.4 Å². The van der Waals surface area contributed by atoms with Crippen molar-refractivity contribution in [3.05, 3.63) is 16.2 Å². The lowest BCUT2D eigenvalue weighted by molar-refractivity contribution is -0.155. The number of nitrogens with two attached hydrogens (primary N) is 1. The Hall–Kier alpha value is -2.20. The first kappa shape index (κ1) is 18.1. The number of ether oxygens (including phenoxy) is 3. The Bertz CT molecular complexity index is 708. The molecule has 1 aliphatic heterocycles. The lowest BCUT2D eigenvalue weighted by Gasteiger charge is -2.19. The fourth-order valence-electron chi connectivity index (χ4n) is 2.21. The minimum Gasteiger partial charge on any atom is -0.463 e. The summed E-state index contributed by atoms with van der Waals surface area (Å²) in [6, 6.07) is 0. The van der Waals surface area contributed by atoms with Gasteiger partial charge in [0.25, 0.3) is 0 Å². The molecule has 1 saturated heterocycles. The maximum Gasteiger partial charge on any atom is 0.368 e. The Labute approximate surface area is 141 Å². The van der Waals surface area contributed by atoms with Gasteiger partial charge < -0.3 is 19.9 Å². The summed E-state index contributed by atoms with van der Waals surface area (Å²) in [5.74, 6) is -1.13. The maximum absolute atomic E-state index is 12.0. The number of hydrogen-bond donors (Lipinski definition) is 1. The van der Waals surface area contributed by atoms with Gasteiger partial charge in [0.15, 0.2) is 18.1 Å². The van der Waals surface area contributed by atoms with Crippen molar-refractivity contribution < 1.29 is 23.8 Å². The summed E-state index contributed by atoms with van der Waals surface area (Å²) in [6.45, 7) is 3.81. The van der Waals surface area contributed by atoms with Crippen LogP contribution in [0.2, 0.25) is 0 Å². The molecule has 1 aromatic rings. The van der Waals surface area contributed by atoms with Crippen LogP contribution >= 0.6 is 11.6 Å². The molecule has 11 heteroatoms. The molecule has 0 bridgehead atoms. The highest BCUT2D eigenvalue weighted by atomic mass is 35.5. The van der Waals surface area contributed by atoms with Crippen molar-refractivity contribution in [2.75, 3.05) is 12.3 Å². The summed E-state index contributed by atoms with van der Waals surface area (Å²) >= 11 is 6.30. The highest BCUT2D eigenvalue weighted by molar-refractivity contribution is 6.21. The van der Waals surface area contributed by atoms with Crippen LogP contribution in [0, 0.1) is 6.92 Å². The maximum atomic E-state index is 12.0. The molecule has 0 aliphatic carbocycles. The van der Waals surface area contributed by atoms with Gasteiger partial charge in [0, 0.05) is 13.8 Å². The minimum absolute atomic E-state index is 0.00614. The van der Waals surface area contributed by atoms with Crippen molar-refractivity contribution in [3.63, 3.8) is 0 Å². The van der Waals surface area contributed by atoms with E-state index < -0.39 is 41.4 Å². The number of esters is 2. The number of aromatic nitrogens is 3. The summed E-state index contributed by atoms with van der Waals surface area (Å²) in [5, 5.41) is 3.07. The number of aryl methyl sites for hydroxylation is 1. The molecular weight excluding hydrogens is 344 g/mol. The summed E-state index contributed by atoms with van der Waals surface area (Å²) in [5.41, 5.74) is 5.09. The van der Waals surface area contributed by atoms with E-state index in [1.54, 1.807) is 6.92 Å². The number of alkyl halides is 1. The van der Waals surface area contributed by atoms with Crippen LogP contribution < -0.4 is 11.4 Å². The van der Waals surface area contributed by atoms with Gasteiger partial charge >= 0.3 is 17.6 Å². The molecule has 2 heterocycles. The number of rotatable bonds is 4. The van der Waals surface area contributed by atoms with Crippen LogP contribution in [0.15, 0.2) is 4.79 Å². The van der Waals surface area contributed by atoms with Crippen molar-refractivity contribution in [2.24, 2.45) is 0 Å². The topological polar surface area (TPSA) is 136 Å². The Morgan fingerprint density at radius 3 is 2.62 bits per heavy atom. The third kappa shape index (κ3) is 3.82. The van der Waals surface area contributed by atoms with E-state index >= 15 is 0 Å². The first-order valence-electron chi connectivity index (χ1n) is 7.03. The van der Waals surface area contributed by atoms with Gasteiger partial charge in [0.1, 0.15) is 23.8 Å². The van der Waals surface area contributed by atoms with E-state index in [1.807, 2.05) is 0 Å². The van der Waals surface area contributed by atoms with E-state index in [2.05, 4.69) is 10.1 Å². The minimum atomic E-state index is -1.06. The van der Waals surface area contributed by atoms with Crippen LogP contribution in [-0.2, 0) is 23.8 Å². The smallest absolute Gasteiger partial charge is 0.368 e. The van der Waals surface area contributed by atoms with Crippen LogP contribution in [0.3, 0.4) is 0 Å². The predicted molar refractivity (Wildman–Crippen MR) is 81.2 cm³/mol. The number of carbonyl (C=O) groups is 2. The van der Waals surface area contributed by atoms with Crippen LogP contribution in [0.5, 0.6) is 0 Å². The van der Waals surface area contributed by atoms with Crippen molar-refractivity contribution >= 4 is 29.4 Å². The highest BCUT2D eigenvalue weighted by Crippen LogP contribution is 2.34. The molecule has 0 spiro atoms. The fraction of sp³-hybridized carbons (Fsp3) is 0.615. The molecule has 0 radical (unpaired) electrons. The Morgan fingerprint density at radius 2 is 2.04 bits per heavy atom. The second-order valence-corrected chi connectivity index (χ2v) is 5.70. The normalized spacial score (nSPS) is 26.2. The van der Waals surface area contributed by atoms with Gasteiger partial charge in [-0.05, 0) is 6.92 Å². The molecule has 1 aromatic heterocycles. The van der Waals surface area contributed by atoms with Gasteiger partial charge in [-0.15, -0.1) is 11.6 Å². The second-order valence-electron chi connectivity index (χ2n) is 5.20. The van der Waals surface area contributed by atoms with Crippen molar-refractivity contribution in [1.82, 2.24) is 14.8 Å². The van der Waals surface area contributed by atoms with E-state index in [1.165, 1.54) is 13.8 Å². The Morgan fingerprint density at radius 1 is 1.38 bits per heavy atom. The first-order valence-corrected chi connectivity index (χ1v) is 7.47. The van der Waals surface area contributed by atoms with Crippen molar-refractivity contribution in [3.8, 4) is 0 Å². The average molecular weight is 361 g/mol. The molecule has 0 saturated carbocycles. The van der Waals surface area contributed by atoms with Gasteiger partial charge in [0.2, 0.25) is 0 Å². The quantitative estimate of drug-likeness (QED) is 0.558. The number of nitrogens with zero attached hydrogens (tertiary/aromatic N) is 3. The summed E-state index contributed by atoms with van der Waals surface area (Å²) < 4.78 is 16.6. The van der Waals surface area contributed by atoms with Gasteiger partial charge in [-0.25, -0.2) is 4.79 Å². The van der Waals surface area contributed by atoms with Crippen LogP contribution in [0.1, 0.15) is 25.8 Å². The predicted octanol–water partition coefficient (Wildman–Crippen LogP) is -0.471. The molecule has 24 heavy (non-hydrogen) atoms. The van der Waals surface area contributed by atoms with Gasteiger partial charge in [-0.2, -0.15) is 14.8 Å². The SMILES string of the molecule is CC(=O)OC[C@H]1O[C@@H](n2nc(C)c(N)nc2=O)[C@@H](Cl)[C@@H]1OC(C)=O. The van der Waals surface area contributed by atoms with E-state index in [0.29, 0.717) is 5.69 Å². The molecule has 0 unspecified atom stereocenters. The van der Waals surface area contributed by atoms with E-state index in [4.69, 9.17) is 31.5 Å². The lowest BCUT2D eigenvalue weighted by atomic mass is 10.2. The van der Waals surface area contributed by atoms with Gasteiger partial charge in [-0.3, -0.25) is 9.59 Å². The largest absolute Gasteiger partial charge is 0.463 e. The van der Waals surface area contributed by atoms with Crippen molar-refractivity contribution in [2.45, 2.75) is 44.6 Å². The molecule has 132 valence electrons. The van der Waals surface area contributed by atoms with Gasteiger partial charge in [-0.1, -0.05) is 0 Å². The average Bonchev–Trinajstić information content (AvgIpc) is 2.77. The Balaban J connectivity index is 2.31. The molecule has 0 aromatic carbocycles. The van der Waals surface area contributed by atoms with Crippen LogP contribution in [0.25, 0.3) is 0 Å². The summed E-state index contributed by atoms with van der Waals surface area (Å²) in [6.07, 6.45) is -2.84. The third-order valence-electron chi connectivity index (χ3n) is 3.30. The molecule has 0 amide bonds. The molecule has 2 N–H and O–H groups in total. The Kier molecular flexibility index (Phi) is 5.40. The van der Waals surface area contributed by atoms with Crippen LogP contribution in [-0.4, -0.2) is 50.9 Å². The molecule has 4 atom stereocenters. The highest BCUT2D eigenvalue weighted by Gasteiger charge is 2.48. The zero-order valence-electron chi connectivity index (χ0n) is 13.3. The second kappa shape index (κ2) is 7.14. The number of hydrogen-bond acceptors (Lipinski definition) is 9. The number of anilines is 1. The molecule has 10 nitrogen and oxygen atoms in total. The van der Waals surface area contributed by atoms with Crippen LogP contribution in [0.4, 0.5) is 5.82 Å².